The Bertz CT molecular complexity index is 474. The molecule has 0 atom stereocenters. The summed E-state index contributed by atoms with van der Waals surface area (Å²) in [6.07, 6.45) is -1.05. The van der Waals surface area contributed by atoms with Gasteiger partial charge in [-0.2, -0.15) is 13.2 Å². The first-order chi connectivity index (χ1) is 11.4. The molecule has 0 heterocycles. The Hall–Kier alpha value is -0.893. The van der Waals surface area contributed by atoms with Crippen LogP contribution in [0.5, 0.6) is 0 Å². The van der Waals surface area contributed by atoms with E-state index in [-0.39, 0.29) is 0 Å². The summed E-state index contributed by atoms with van der Waals surface area (Å²) >= 11 is 0. The summed E-state index contributed by atoms with van der Waals surface area (Å²) in [6, 6.07) is 6.27. The zero-order valence-corrected chi connectivity index (χ0v) is 15.6. The van der Waals surface area contributed by atoms with E-state index in [1.54, 1.807) is 13.2 Å². The van der Waals surface area contributed by atoms with Gasteiger partial charge in [0.05, 0.1) is 5.56 Å². The number of aryl methyl sites for hydroxylation is 1. The summed E-state index contributed by atoms with van der Waals surface area (Å²) in [4.78, 5) is 0. The molecular weight excluding hydrogens is 337 g/mol. The van der Waals surface area contributed by atoms with Crippen molar-refractivity contribution in [2.24, 2.45) is 0 Å². The van der Waals surface area contributed by atoms with Crippen LogP contribution >= 0.6 is 0 Å². The van der Waals surface area contributed by atoms with Gasteiger partial charge in [0, 0.05) is 26.4 Å². The minimum atomic E-state index is -4.28. The third-order valence-electron chi connectivity index (χ3n) is 3.74. The lowest BCUT2D eigenvalue weighted by Crippen LogP contribution is -2.44. The van der Waals surface area contributed by atoms with Crippen molar-refractivity contribution in [3.05, 3.63) is 35.4 Å². The van der Waals surface area contributed by atoms with Gasteiger partial charge in [-0.05, 0) is 44.7 Å². The number of alkyl halides is 3. The fourth-order valence-electron chi connectivity index (χ4n) is 2.60. The first-order valence-corrected chi connectivity index (χ1v) is 10.3. The van der Waals surface area contributed by atoms with Gasteiger partial charge in [-0.1, -0.05) is 24.6 Å². The first kappa shape index (κ1) is 21.2. The summed E-state index contributed by atoms with van der Waals surface area (Å²) in [7, 11) is -0.970. The minimum Gasteiger partial charge on any atom is -0.377 e. The lowest BCUT2D eigenvalue weighted by Gasteiger charge is -2.27. The molecule has 0 N–H and O–H groups in total. The zero-order chi connectivity index (χ0) is 18.1. The van der Waals surface area contributed by atoms with Gasteiger partial charge in [0.25, 0.3) is 0 Å². The zero-order valence-electron chi connectivity index (χ0n) is 14.6. The van der Waals surface area contributed by atoms with E-state index in [9.17, 15) is 13.2 Å². The lowest BCUT2D eigenvalue weighted by molar-refractivity contribution is -0.137. The van der Waals surface area contributed by atoms with Crippen molar-refractivity contribution in [3.63, 3.8) is 0 Å². The highest BCUT2D eigenvalue weighted by Gasteiger charge is 2.38. The Labute approximate surface area is 143 Å². The minimum absolute atomic E-state index is 0.546. The molecule has 24 heavy (non-hydrogen) atoms. The normalized spacial score (nSPS) is 12.6. The molecule has 0 aromatic heterocycles. The molecule has 0 saturated heterocycles. The van der Waals surface area contributed by atoms with Crippen molar-refractivity contribution >= 4 is 8.80 Å². The quantitative estimate of drug-likeness (QED) is 0.405. The molecular formula is C17H27F3O3Si. The van der Waals surface area contributed by atoms with Crippen molar-refractivity contribution in [2.45, 2.75) is 51.8 Å². The van der Waals surface area contributed by atoms with E-state index in [1.807, 2.05) is 13.8 Å². The second-order valence-corrected chi connectivity index (χ2v) is 8.36. The van der Waals surface area contributed by atoms with Crippen LogP contribution in [-0.4, -0.2) is 29.1 Å². The van der Waals surface area contributed by atoms with Crippen molar-refractivity contribution in [1.29, 1.82) is 0 Å². The van der Waals surface area contributed by atoms with Gasteiger partial charge in [0.2, 0.25) is 0 Å². The standard InChI is InChI=1S/C17H27F3O3Si/c1-4-22-24(21-3,23-5-2)13-8-6-7-10-15-11-9-12-16(14-15)17(18,19)20/h9,11-12,14H,4-8,10,13H2,1-3H3. The fourth-order valence-corrected chi connectivity index (χ4v) is 4.97. The molecule has 0 saturated carbocycles. The van der Waals surface area contributed by atoms with Crippen molar-refractivity contribution < 1.29 is 26.4 Å². The number of hydrogen-bond donors (Lipinski definition) is 0. The van der Waals surface area contributed by atoms with E-state index in [1.165, 1.54) is 12.1 Å². The van der Waals surface area contributed by atoms with E-state index < -0.39 is 20.5 Å². The van der Waals surface area contributed by atoms with Crippen molar-refractivity contribution in [1.82, 2.24) is 0 Å². The van der Waals surface area contributed by atoms with Crippen LogP contribution < -0.4 is 0 Å². The molecule has 0 amide bonds. The maximum atomic E-state index is 12.7. The van der Waals surface area contributed by atoms with E-state index in [2.05, 4.69) is 0 Å². The summed E-state index contributed by atoms with van der Waals surface area (Å²) in [5.41, 5.74) is 0.133. The van der Waals surface area contributed by atoms with Gasteiger partial charge in [-0.25, -0.2) is 0 Å². The largest absolute Gasteiger partial charge is 0.500 e. The average molecular weight is 364 g/mol. The molecule has 1 rings (SSSR count). The van der Waals surface area contributed by atoms with E-state index in [4.69, 9.17) is 13.3 Å². The van der Waals surface area contributed by atoms with Crippen molar-refractivity contribution in [3.8, 4) is 0 Å². The Kier molecular flexibility index (Phi) is 8.97. The number of hydrogen-bond acceptors (Lipinski definition) is 3. The van der Waals surface area contributed by atoms with Crippen LogP contribution in [0.3, 0.4) is 0 Å². The summed E-state index contributed by atoms with van der Waals surface area (Å²) in [5.74, 6) is 0. The van der Waals surface area contributed by atoms with Gasteiger partial charge in [0.1, 0.15) is 0 Å². The molecule has 0 fully saturated rings. The molecule has 0 aliphatic carbocycles. The molecule has 0 aliphatic rings. The molecule has 0 aliphatic heterocycles. The predicted octanol–water partition coefficient (Wildman–Crippen LogP) is 5.08. The second kappa shape index (κ2) is 10.2. The Morgan fingerprint density at radius 3 is 2.21 bits per heavy atom. The van der Waals surface area contributed by atoms with Crippen LogP contribution in [0.4, 0.5) is 13.2 Å². The molecule has 1 aromatic carbocycles. The van der Waals surface area contributed by atoms with Crippen LogP contribution in [0.2, 0.25) is 6.04 Å². The van der Waals surface area contributed by atoms with Crippen LogP contribution in [0, 0.1) is 0 Å². The van der Waals surface area contributed by atoms with Gasteiger partial charge in [0.15, 0.2) is 0 Å². The Morgan fingerprint density at radius 1 is 1.00 bits per heavy atom. The Morgan fingerprint density at radius 2 is 1.67 bits per heavy atom. The lowest BCUT2D eigenvalue weighted by atomic mass is 10.0. The van der Waals surface area contributed by atoms with Crippen LogP contribution in [0.25, 0.3) is 0 Å². The first-order valence-electron chi connectivity index (χ1n) is 8.36. The van der Waals surface area contributed by atoms with Crippen LogP contribution in [0.1, 0.15) is 44.2 Å². The highest BCUT2D eigenvalue weighted by molar-refractivity contribution is 6.60. The highest BCUT2D eigenvalue weighted by atomic mass is 28.4. The summed E-state index contributed by atoms with van der Waals surface area (Å²) in [5, 5.41) is 0. The van der Waals surface area contributed by atoms with Crippen molar-refractivity contribution in [2.75, 3.05) is 20.3 Å². The molecule has 0 bridgehead atoms. The maximum Gasteiger partial charge on any atom is 0.500 e. The molecule has 0 radical (unpaired) electrons. The smallest absolute Gasteiger partial charge is 0.377 e. The van der Waals surface area contributed by atoms with E-state index in [0.29, 0.717) is 19.6 Å². The summed E-state index contributed by atoms with van der Waals surface area (Å²) in [6.45, 7) is 4.91. The molecule has 3 nitrogen and oxygen atoms in total. The number of halogens is 3. The Balaban J connectivity index is 2.43. The molecule has 1 aromatic rings. The molecule has 0 spiro atoms. The number of unbranched alkanes of at least 4 members (excludes halogenated alkanes) is 2. The average Bonchev–Trinajstić information content (AvgIpc) is 2.54. The van der Waals surface area contributed by atoms with Gasteiger partial charge in [-0.3, -0.25) is 0 Å². The number of benzene rings is 1. The highest BCUT2D eigenvalue weighted by Crippen LogP contribution is 2.30. The summed E-state index contributed by atoms with van der Waals surface area (Å²) < 4.78 is 55.0. The molecule has 0 unspecified atom stereocenters. The van der Waals surface area contributed by atoms with Crippen LogP contribution in [-0.2, 0) is 25.9 Å². The van der Waals surface area contributed by atoms with E-state index in [0.717, 1.165) is 36.9 Å². The topological polar surface area (TPSA) is 27.7 Å². The number of rotatable bonds is 11. The predicted molar refractivity (Wildman–Crippen MR) is 89.8 cm³/mol. The SMILES string of the molecule is CCO[Si](CCCCCc1cccc(C(F)(F)F)c1)(OC)OCC. The third kappa shape index (κ3) is 6.92. The van der Waals surface area contributed by atoms with Crippen LogP contribution in [0.15, 0.2) is 24.3 Å². The maximum absolute atomic E-state index is 12.7. The third-order valence-corrected chi connectivity index (χ3v) is 6.79. The van der Waals surface area contributed by atoms with Gasteiger partial charge >= 0.3 is 15.0 Å². The molecule has 138 valence electrons. The monoisotopic (exact) mass is 364 g/mol. The fraction of sp³-hybridized carbons (Fsp3) is 0.647. The van der Waals surface area contributed by atoms with Gasteiger partial charge < -0.3 is 13.3 Å². The van der Waals surface area contributed by atoms with Gasteiger partial charge in [-0.15, -0.1) is 0 Å². The molecule has 7 heteroatoms. The second-order valence-electron chi connectivity index (χ2n) is 5.51. The van der Waals surface area contributed by atoms with E-state index >= 15 is 0 Å².